The van der Waals surface area contributed by atoms with Crippen molar-refractivity contribution < 1.29 is 9.66 Å². The Morgan fingerprint density at radius 2 is 2.04 bits per heavy atom. The highest BCUT2D eigenvalue weighted by molar-refractivity contribution is 5.77. The first-order valence-corrected chi connectivity index (χ1v) is 7.81. The zero-order valence-electron chi connectivity index (χ0n) is 13.7. The average molecular weight is 350 g/mol. The molecule has 4 rings (SSSR count). The van der Waals surface area contributed by atoms with Gasteiger partial charge in [0.15, 0.2) is 0 Å². The third-order valence-electron chi connectivity index (χ3n) is 4.15. The normalized spacial score (nSPS) is 15.6. The van der Waals surface area contributed by atoms with Crippen LogP contribution in [0.3, 0.4) is 0 Å². The fourth-order valence-corrected chi connectivity index (χ4v) is 2.85. The van der Waals surface area contributed by atoms with Gasteiger partial charge in [0.25, 0.3) is 5.69 Å². The fourth-order valence-electron chi connectivity index (χ4n) is 2.85. The molecule has 1 aliphatic rings. The number of rotatable bonds is 4. The summed E-state index contributed by atoms with van der Waals surface area (Å²) in [7, 11) is 1.61. The first-order chi connectivity index (χ1) is 12.7. The van der Waals surface area contributed by atoms with Gasteiger partial charge in [-0.15, -0.1) is 0 Å². The lowest BCUT2D eigenvalue weighted by molar-refractivity contribution is -0.384. The van der Waals surface area contributed by atoms with Crippen LogP contribution in [0.25, 0.3) is 5.70 Å². The molecule has 130 valence electrons. The number of aromatic nitrogens is 4. The smallest absolute Gasteiger partial charge is 0.269 e. The maximum absolute atomic E-state index is 11.1. The summed E-state index contributed by atoms with van der Waals surface area (Å²) in [5, 5.41) is 26.0. The van der Waals surface area contributed by atoms with Gasteiger partial charge >= 0.3 is 0 Å². The minimum atomic E-state index is -0.417. The number of methoxy groups -OCH3 is 1. The predicted octanol–water partition coefficient (Wildman–Crippen LogP) is 2.65. The van der Waals surface area contributed by atoms with Crippen LogP contribution in [0, 0.1) is 10.1 Å². The Kier molecular flexibility index (Phi) is 3.81. The zero-order valence-corrected chi connectivity index (χ0v) is 13.7. The summed E-state index contributed by atoms with van der Waals surface area (Å²) < 4.78 is 6.78. The van der Waals surface area contributed by atoms with Gasteiger partial charge in [-0.25, -0.2) is 0 Å². The number of nitro benzene ring substituents is 1. The van der Waals surface area contributed by atoms with E-state index in [2.05, 4.69) is 20.8 Å². The van der Waals surface area contributed by atoms with Gasteiger partial charge in [-0.3, -0.25) is 10.1 Å². The van der Waals surface area contributed by atoms with Crippen molar-refractivity contribution in [2.24, 2.45) is 0 Å². The second-order valence-corrected chi connectivity index (χ2v) is 5.68. The topological polar surface area (TPSA) is 108 Å². The van der Waals surface area contributed by atoms with Crippen LogP contribution in [-0.2, 0) is 0 Å². The molecule has 2 heterocycles. The van der Waals surface area contributed by atoms with E-state index >= 15 is 0 Å². The van der Waals surface area contributed by atoms with Gasteiger partial charge in [0.2, 0.25) is 5.95 Å². The van der Waals surface area contributed by atoms with Crippen molar-refractivity contribution in [1.82, 2.24) is 20.2 Å². The molecule has 1 atom stereocenters. The van der Waals surface area contributed by atoms with E-state index in [4.69, 9.17) is 4.74 Å². The molecule has 9 heteroatoms. The molecule has 0 spiro atoms. The molecular weight excluding hydrogens is 336 g/mol. The van der Waals surface area contributed by atoms with Crippen LogP contribution in [0.15, 0.2) is 54.6 Å². The number of tetrazole rings is 1. The summed E-state index contributed by atoms with van der Waals surface area (Å²) in [6, 6.07) is 13.6. The van der Waals surface area contributed by atoms with Gasteiger partial charge in [-0.2, -0.15) is 4.68 Å². The number of hydrogen-bond donors (Lipinski definition) is 1. The van der Waals surface area contributed by atoms with E-state index in [0.717, 1.165) is 22.6 Å². The maximum atomic E-state index is 11.1. The van der Waals surface area contributed by atoms with Crippen LogP contribution in [0.5, 0.6) is 5.75 Å². The Morgan fingerprint density at radius 1 is 1.23 bits per heavy atom. The maximum Gasteiger partial charge on any atom is 0.269 e. The summed E-state index contributed by atoms with van der Waals surface area (Å²) in [5.41, 5.74) is 2.48. The number of anilines is 1. The Hall–Kier alpha value is -3.75. The first-order valence-electron chi connectivity index (χ1n) is 7.81. The van der Waals surface area contributed by atoms with Gasteiger partial charge in [-0.05, 0) is 51.9 Å². The SMILES string of the molecule is COc1ccc(C2=C[C@H](c3cccc([N+](=O)[O-])c3)n3nnnc3N2)cc1. The molecule has 0 saturated carbocycles. The van der Waals surface area contributed by atoms with E-state index in [0.29, 0.717) is 5.95 Å². The van der Waals surface area contributed by atoms with Crippen molar-refractivity contribution in [3.8, 4) is 5.75 Å². The van der Waals surface area contributed by atoms with Crippen molar-refractivity contribution in [3.63, 3.8) is 0 Å². The molecule has 26 heavy (non-hydrogen) atoms. The van der Waals surface area contributed by atoms with Crippen molar-refractivity contribution in [3.05, 3.63) is 75.8 Å². The van der Waals surface area contributed by atoms with Crippen LogP contribution in [0.1, 0.15) is 17.2 Å². The molecule has 1 aromatic heterocycles. The average Bonchev–Trinajstić information content (AvgIpc) is 3.16. The highest BCUT2D eigenvalue weighted by Gasteiger charge is 2.25. The number of fused-ring (bicyclic) bond motifs is 1. The standard InChI is InChI=1S/C17H14N6O3/c1-26-14-7-5-11(6-8-14)15-10-16(22-17(18-15)19-20-21-22)12-3-2-4-13(9-12)23(24)25/h2-10,16H,1H3,(H,18,19,21)/t16-/m1/s1. The van der Waals surface area contributed by atoms with E-state index in [1.54, 1.807) is 17.9 Å². The van der Waals surface area contributed by atoms with Crippen molar-refractivity contribution in [2.45, 2.75) is 6.04 Å². The number of non-ortho nitro benzene ring substituents is 1. The molecule has 0 amide bonds. The van der Waals surface area contributed by atoms with E-state index in [9.17, 15) is 10.1 Å². The van der Waals surface area contributed by atoms with E-state index in [-0.39, 0.29) is 11.7 Å². The van der Waals surface area contributed by atoms with Crippen LogP contribution in [-0.4, -0.2) is 32.2 Å². The number of hydrogen-bond acceptors (Lipinski definition) is 7. The minimum absolute atomic E-state index is 0.0232. The van der Waals surface area contributed by atoms with Crippen LogP contribution < -0.4 is 10.1 Å². The molecule has 3 aromatic rings. The lowest BCUT2D eigenvalue weighted by Gasteiger charge is -2.23. The number of nitro groups is 1. The number of nitrogens with zero attached hydrogens (tertiary/aromatic N) is 5. The van der Waals surface area contributed by atoms with Gasteiger partial charge in [0, 0.05) is 17.8 Å². The predicted molar refractivity (Wildman–Crippen MR) is 93.6 cm³/mol. The monoisotopic (exact) mass is 350 g/mol. The summed E-state index contributed by atoms with van der Waals surface area (Å²) in [6.45, 7) is 0. The largest absolute Gasteiger partial charge is 0.497 e. The Bertz CT molecular complexity index is 996. The lowest BCUT2D eigenvalue weighted by atomic mass is 10.0. The lowest BCUT2D eigenvalue weighted by Crippen LogP contribution is -2.20. The second-order valence-electron chi connectivity index (χ2n) is 5.68. The summed E-state index contributed by atoms with van der Waals surface area (Å²) in [5.74, 6) is 1.22. The van der Waals surface area contributed by atoms with Gasteiger partial charge in [0.05, 0.1) is 12.0 Å². The number of allylic oxidation sites excluding steroid dienone is 1. The molecule has 0 bridgehead atoms. The molecule has 9 nitrogen and oxygen atoms in total. The molecule has 0 radical (unpaired) electrons. The highest BCUT2D eigenvalue weighted by Crippen LogP contribution is 2.33. The summed E-state index contributed by atoms with van der Waals surface area (Å²) in [4.78, 5) is 10.7. The third-order valence-corrected chi connectivity index (χ3v) is 4.15. The van der Waals surface area contributed by atoms with E-state index in [1.807, 2.05) is 36.4 Å². The third kappa shape index (κ3) is 2.75. The zero-order chi connectivity index (χ0) is 18.1. The Labute approximate surface area is 148 Å². The second kappa shape index (κ2) is 6.28. The molecule has 1 N–H and O–H groups in total. The van der Waals surface area contributed by atoms with Crippen molar-refractivity contribution in [2.75, 3.05) is 12.4 Å². The quantitative estimate of drug-likeness (QED) is 0.569. The van der Waals surface area contributed by atoms with Gasteiger partial charge < -0.3 is 10.1 Å². The fraction of sp³-hybridized carbons (Fsp3) is 0.118. The Balaban J connectivity index is 1.78. The highest BCUT2D eigenvalue weighted by atomic mass is 16.6. The number of benzene rings is 2. The van der Waals surface area contributed by atoms with Crippen LogP contribution in [0.4, 0.5) is 11.6 Å². The number of nitrogens with one attached hydrogen (secondary N) is 1. The minimum Gasteiger partial charge on any atom is -0.497 e. The molecule has 0 saturated heterocycles. The van der Waals surface area contributed by atoms with Gasteiger partial charge in [-0.1, -0.05) is 17.2 Å². The summed E-state index contributed by atoms with van der Waals surface area (Å²) in [6.07, 6.45) is 1.93. The summed E-state index contributed by atoms with van der Waals surface area (Å²) >= 11 is 0. The first kappa shape index (κ1) is 15.8. The molecule has 2 aromatic carbocycles. The Morgan fingerprint density at radius 3 is 2.77 bits per heavy atom. The van der Waals surface area contributed by atoms with Crippen molar-refractivity contribution in [1.29, 1.82) is 0 Å². The molecule has 1 aliphatic heterocycles. The number of ether oxygens (including phenoxy) is 1. The van der Waals surface area contributed by atoms with E-state index < -0.39 is 4.92 Å². The molecular formula is C17H14N6O3. The molecule has 0 unspecified atom stereocenters. The molecule has 0 fully saturated rings. The van der Waals surface area contributed by atoms with Crippen LogP contribution >= 0.6 is 0 Å². The molecule has 0 aliphatic carbocycles. The van der Waals surface area contributed by atoms with Crippen LogP contribution in [0.2, 0.25) is 0 Å². The van der Waals surface area contributed by atoms with E-state index in [1.165, 1.54) is 12.1 Å². The van der Waals surface area contributed by atoms with Crippen molar-refractivity contribution >= 4 is 17.3 Å². The van der Waals surface area contributed by atoms with Gasteiger partial charge in [0.1, 0.15) is 11.8 Å².